The van der Waals surface area contributed by atoms with Gasteiger partial charge in [-0.15, -0.1) is 0 Å². The maximum absolute atomic E-state index is 12.3. The number of pyridine rings is 1. The van der Waals surface area contributed by atoms with Gasteiger partial charge in [0.15, 0.2) is 0 Å². The number of anilines is 1. The Morgan fingerprint density at radius 3 is 2.57 bits per heavy atom. The van der Waals surface area contributed by atoms with Gasteiger partial charge in [-0.25, -0.2) is 14.6 Å². The maximum Gasteiger partial charge on any atom is 0.433 e. The second kappa shape index (κ2) is 7.43. The SMILES string of the molecule is O=C(O)COCCNC(=O)Nc1ccc(C(F)(F)F)nc1. The van der Waals surface area contributed by atoms with Crippen molar-refractivity contribution in [3.63, 3.8) is 0 Å². The Balaban J connectivity index is 2.33. The number of carboxylic acid groups (broad SMARTS) is 1. The molecule has 116 valence electrons. The molecule has 10 heteroatoms. The standard InChI is InChI=1S/C11H12F3N3O4/c12-11(13,14)8-2-1-7(5-16-8)17-10(20)15-3-4-21-6-9(18)19/h1-2,5H,3-4,6H2,(H,18,19)(H2,15,17,20). The fourth-order valence-electron chi connectivity index (χ4n) is 1.21. The molecule has 7 nitrogen and oxygen atoms in total. The first-order chi connectivity index (χ1) is 9.79. The highest BCUT2D eigenvalue weighted by Gasteiger charge is 2.32. The van der Waals surface area contributed by atoms with Crippen molar-refractivity contribution in [1.82, 2.24) is 10.3 Å². The zero-order valence-corrected chi connectivity index (χ0v) is 10.6. The molecule has 0 spiro atoms. The van der Waals surface area contributed by atoms with Gasteiger partial charge in [-0.05, 0) is 12.1 Å². The van der Waals surface area contributed by atoms with Crippen LogP contribution >= 0.6 is 0 Å². The lowest BCUT2D eigenvalue weighted by atomic mass is 10.3. The molecule has 0 fully saturated rings. The Hall–Kier alpha value is -2.36. The molecule has 21 heavy (non-hydrogen) atoms. The lowest BCUT2D eigenvalue weighted by Crippen LogP contribution is -2.32. The summed E-state index contributed by atoms with van der Waals surface area (Å²) in [6.07, 6.45) is -3.66. The Morgan fingerprint density at radius 2 is 2.05 bits per heavy atom. The van der Waals surface area contributed by atoms with Crippen molar-refractivity contribution < 1.29 is 32.6 Å². The van der Waals surface area contributed by atoms with Crippen molar-refractivity contribution >= 4 is 17.7 Å². The van der Waals surface area contributed by atoms with Crippen LogP contribution in [0.25, 0.3) is 0 Å². The molecule has 1 aromatic rings. The van der Waals surface area contributed by atoms with Crippen molar-refractivity contribution in [2.24, 2.45) is 0 Å². The summed E-state index contributed by atoms with van der Waals surface area (Å²) in [4.78, 5) is 24.6. The van der Waals surface area contributed by atoms with E-state index in [1.807, 2.05) is 0 Å². The number of carboxylic acids is 1. The molecule has 0 aromatic carbocycles. The fourth-order valence-corrected chi connectivity index (χ4v) is 1.21. The summed E-state index contributed by atoms with van der Waals surface area (Å²) in [5.41, 5.74) is -0.970. The summed E-state index contributed by atoms with van der Waals surface area (Å²) in [7, 11) is 0. The molecule has 0 saturated carbocycles. The van der Waals surface area contributed by atoms with Crippen molar-refractivity contribution in [2.45, 2.75) is 6.18 Å². The molecule has 0 saturated heterocycles. The summed E-state index contributed by atoms with van der Waals surface area (Å²) in [6.45, 7) is -0.440. The van der Waals surface area contributed by atoms with Gasteiger partial charge in [0.05, 0.1) is 18.5 Å². The summed E-state index contributed by atoms with van der Waals surface area (Å²) in [5.74, 6) is -1.13. The smallest absolute Gasteiger partial charge is 0.433 e. The Kier molecular flexibility index (Phi) is 5.91. The second-order valence-corrected chi connectivity index (χ2v) is 3.76. The number of nitrogens with one attached hydrogen (secondary N) is 2. The van der Waals surface area contributed by atoms with Crippen LogP contribution in [0.15, 0.2) is 18.3 Å². The van der Waals surface area contributed by atoms with E-state index in [0.29, 0.717) is 0 Å². The zero-order valence-electron chi connectivity index (χ0n) is 10.6. The molecule has 3 N–H and O–H groups in total. The van der Waals surface area contributed by atoms with Crippen molar-refractivity contribution in [2.75, 3.05) is 25.1 Å². The van der Waals surface area contributed by atoms with E-state index in [1.165, 1.54) is 0 Å². The van der Waals surface area contributed by atoms with E-state index in [2.05, 4.69) is 20.4 Å². The number of nitrogens with zero attached hydrogens (tertiary/aromatic N) is 1. The van der Waals surface area contributed by atoms with Crippen molar-refractivity contribution in [3.8, 4) is 0 Å². The van der Waals surface area contributed by atoms with Gasteiger partial charge in [-0.1, -0.05) is 0 Å². The normalized spacial score (nSPS) is 11.0. The molecule has 0 atom stereocenters. The fraction of sp³-hybridized carbons (Fsp3) is 0.364. The number of amides is 2. The molecule has 0 radical (unpaired) electrons. The van der Waals surface area contributed by atoms with Gasteiger partial charge in [0.2, 0.25) is 0 Å². The van der Waals surface area contributed by atoms with Crippen LogP contribution in [0, 0.1) is 0 Å². The minimum Gasteiger partial charge on any atom is -0.480 e. The number of hydrogen-bond donors (Lipinski definition) is 3. The average molecular weight is 307 g/mol. The van der Waals surface area contributed by atoms with E-state index < -0.39 is 30.5 Å². The zero-order chi connectivity index (χ0) is 15.9. The summed E-state index contributed by atoms with van der Waals surface area (Å²) in [5, 5.41) is 12.9. The molecule has 1 aromatic heterocycles. The summed E-state index contributed by atoms with van der Waals surface area (Å²) in [6, 6.07) is 1.14. The highest BCUT2D eigenvalue weighted by molar-refractivity contribution is 5.88. The number of hydrogen-bond acceptors (Lipinski definition) is 4. The first-order valence-electron chi connectivity index (χ1n) is 5.66. The number of halogens is 3. The molecule has 0 bridgehead atoms. The third kappa shape index (κ3) is 6.56. The first kappa shape index (κ1) is 16.7. The largest absolute Gasteiger partial charge is 0.480 e. The molecule has 0 aliphatic heterocycles. The van der Waals surface area contributed by atoms with E-state index in [1.54, 1.807) is 0 Å². The first-order valence-corrected chi connectivity index (χ1v) is 5.66. The molecular formula is C11H12F3N3O4. The quantitative estimate of drug-likeness (QED) is 0.688. The van der Waals surface area contributed by atoms with E-state index in [0.717, 1.165) is 18.3 Å². The molecule has 0 aliphatic carbocycles. The highest BCUT2D eigenvalue weighted by atomic mass is 19.4. The molecule has 0 aliphatic rings. The molecule has 2 amide bonds. The molecule has 0 unspecified atom stereocenters. The number of carbonyl (C=O) groups excluding carboxylic acids is 1. The summed E-state index contributed by atoms with van der Waals surface area (Å²) >= 11 is 0. The summed E-state index contributed by atoms with van der Waals surface area (Å²) < 4.78 is 41.4. The number of aliphatic carboxylic acids is 1. The van der Waals surface area contributed by atoms with E-state index >= 15 is 0 Å². The predicted octanol–water partition coefficient (Wildman–Crippen LogP) is 1.32. The van der Waals surface area contributed by atoms with Crippen LogP contribution < -0.4 is 10.6 Å². The minimum absolute atomic E-state index is 0.00895. The molecule has 1 heterocycles. The van der Waals surface area contributed by atoms with Crippen molar-refractivity contribution in [1.29, 1.82) is 0 Å². The van der Waals surface area contributed by atoms with Gasteiger partial charge in [0.25, 0.3) is 0 Å². The topological polar surface area (TPSA) is 101 Å². The minimum atomic E-state index is -4.54. The number of ether oxygens (including phenoxy) is 1. The number of alkyl halides is 3. The van der Waals surface area contributed by atoms with Crippen LogP contribution in [0.4, 0.5) is 23.7 Å². The lowest BCUT2D eigenvalue weighted by molar-refractivity contribution is -0.142. The van der Waals surface area contributed by atoms with Crippen LogP contribution in [0.5, 0.6) is 0 Å². The van der Waals surface area contributed by atoms with Crippen LogP contribution in [0.2, 0.25) is 0 Å². The number of carbonyl (C=O) groups is 2. The number of aromatic nitrogens is 1. The van der Waals surface area contributed by atoms with Gasteiger partial charge < -0.3 is 20.5 Å². The Bertz CT molecular complexity index is 490. The van der Waals surface area contributed by atoms with Gasteiger partial charge in [0.1, 0.15) is 12.3 Å². The van der Waals surface area contributed by atoms with Gasteiger partial charge in [0, 0.05) is 6.54 Å². The van der Waals surface area contributed by atoms with Gasteiger partial charge >= 0.3 is 18.2 Å². The average Bonchev–Trinajstić information content (AvgIpc) is 2.37. The van der Waals surface area contributed by atoms with Crippen molar-refractivity contribution in [3.05, 3.63) is 24.0 Å². The van der Waals surface area contributed by atoms with Gasteiger partial charge in [-0.2, -0.15) is 13.2 Å². The highest BCUT2D eigenvalue weighted by Crippen LogP contribution is 2.27. The number of rotatable bonds is 6. The lowest BCUT2D eigenvalue weighted by Gasteiger charge is -2.09. The molecular weight excluding hydrogens is 295 g/mol. The van der Waals surface area contributed by atoms with Crippen LogP contribution in [0.3, 0.4) is 0 Å². The monoisotopic (exact) mass is 307 g/mol. The van der Waals surface area contributed by atoms with E-state index in [4.69, 9.17) is 5.11 Å². The predicted molar refractivity (Wildman–Crippen MR) is 64.7 cm³/mol. The Morgan fingerprint density at radius 1 is 1.33 bits per heavy atom. The second-order valence-electron chi connectivity index (χ2n) is 3.76. The number of urea groups is 1. The van der Waals surface area contributed by atoms with Crippen LogP contribution in [-0.2, 0) is 15.7 Å². The van der Waals surface area contributed by atoms with E-state index in [9.17, 15) is 22.8 Å². The van der Waals surface area contributed by atoms with Crippen LogP contribution in [-0.4, -0.2) is 41.8 Å². The van der Waals surface area contributed by atoms with Gasteiger partial charge in [-0.3, -0.25) is 0 Å². The third-order valence-corrected chi connectivity index (χ3v) is 2.07. The third-order valence-electron chi connectivity index (χ3n) is 2.07. The Labute approximate surface area is 117 Å². The van der Waals surface area contributed by atoms with E-state index in [-0.39, 0.29) is 18.8 Å². The molecule has 1 rings (SSSR count). The maximum atomic E-state index is 12.3. The van der Waals surface area contributed by atoms with Crippen LogP contribution in [0.1, 0.15) is 5.69 Å².